The van der Waals surface area contributed by atoms with E-state index in [1.807, 2.05) is 6.07 Å². The van der Waals surface area contributed by atoms with E-state index in [9.17, 15) is 9.18 Å². The largest absolute Gasteiger partial charge is 0.321 e. The van der Waals surface area contributed by atoms with Gasteiger partial charge in [-0.15, -0.1) is 0 Å². The molecule has 0 spiro atoms. The zero-order valence-electron chi connectivity index (χ0n) is 9.08. The van der Waals surface area contributed by atoms with Crippen LogP contribution in [0.2, 0.25) is 0 Å². The van der Waals surface area contributed by atoms with E-state index in [0.29, 0.717) is 5.69 Å². The van der Waals surface area contributed by atoms with Gasteiger partial charge in [0.2, 0.25) is 0 Å². The molecule has 1 amide bonds. The normalized spacial score (nSPS) is 10.2. The standard InChI is InChI=1S/C13H8Br2FNO/c14-8-5-6-10(15)12(7-8)17-13(18)9-3-1-2-4-11(9)16/h1-7H,(H,17,18). The fourth-order valence-electron chi connectivity index (χ4n) is 1.43. The van der Waals surface area contributed by atoms with Crippen LogP contribution in [0.3, 0.4) is 0 Å². The highest BCUT2D eigenvalue weighted by Gasteiger charge is 2.12. The molecule has 0 saturated heterocycles. The van der Waals surface area contributed by atoms with Crippen molar-refractivity contribution in [3.63, 3.8) is 0 Å². The van der Waals surface area contributed by atoms with Crippen LogP contribution >= 0.6 is 31.9 Å². The summed E-state index contributed by atoms with van der Waals surface area (Å²) in [5, 5.41) is 2.65. The van der Waals surface area contributed by atoms with Gasteiger partial charge >= 0.3 is 0 Å². The van der Waals surface area contributed by atoms with Crippen LogP contribution in [-0.4, -0.2) is 5.91 Å². The zero-order chi connectivity index (χ0) is 13.1. The molecule has 92 valence electrons. The van der Waals surface area contributed by atoms with E-state index in [0.717, 1.165) is 8.95 Å². The lowest BCUT2D eigenvalue weighted by Gasteiger charge is -2.08. The van der Waals surface area contributed by atoms with Crippen LogP contribution in [0.5, 0.6) is 0 Å². The third-order valence-electron chi connectivity index (χ3n) is 2.30. The first-order chi connectivity index (χ1) is 8.58. The summed E-state index contributed by atoms with van der Waals surface area (Å²) in [6, 6.07) is 11.2. The predicted octanol–water partition coefficient (Wildman–Crippen LogP) is 4.60. The molecule has 2 rings (SSSR count). The summed E-state index contributed by atoms with van der Waals surface area (Å²) in [6.07, 6.45) is 0. The van der Waals surface area contributed by atoms with Crippen LogP contribution in [0.1, 0.15) is 10.4 Å². The molecule has 2 aromatic carbocycles. The van der Waals surface area contributed by atoms with Gasteiger partial charge in [0.05, 0.1) is 11.3 Å². The van der Waals surface area contributed by atoms with Crippen molar-refractivity contribution in [1.29, 1.82) is 0 Å². The number of halogens is 3. The van der Waals surface area contributed by atoms with E-state index in [4.69, 9.17) is 0 Å². The number of carbonyl (C=O) groups is 1. The monoisotopic (exact) mass is 371 g/mol. The molecule has 0 aliphatic carbocycles. The third-order valence-corrected chi connectivity index (χ3v) is 3.48. The van der Waals surface area contributed by atoms with Crippen LogP contribution in [0, 0.1) is 5.82 Å². The van der Waals surface area contributed by atoms with Gasteiger partial charge in [-0.1, -0.05) is 28.1 Å². The van der Waals surface area contributed by atoms with Gasteiger partial charge in [0, 0.05) is 8.95 Å². The minimum Gasteiger partial charge on any atom is -0.321 e. The maximum Gasteiger partial charge on any atom is 0.258 e. The van der Waals surface area contributed by atoms with Crippen molar-refractivity contribution in [2.75, 3.05) is 5.32 Å². The van der Waals surface area contributed by atoms with Crippen LogP contribution < -0.4 is 5.32 Å². The number of hydrogen-bond donors (Lipinski definition) is 1. The predicted molar refractivity (Wildman–Crippen MR) is 76.2 cm³/mol. The topological polar surface area (TPSA) is 29.1 Å². The van der Waals surface area contributed by atoms with Crippen LogP contribution in [-0.2, 0) is 0 Å². The van der Waals surface area contributed by atoms with E-state index in [-0.39, 0.29) is 5.56 Å². The first-order valence-corrected chi connectivity index (χ1v) is 6.67. The molecule has 0 aromatic heterocycles. The summed E-state index contributed by atoms with van der Waals surface area (Å²) in [5.41, 5.74) is 0.599. The fourth-order valence-corrected chi connectivity index (χ4v) is 2.14. The molecule has 0 aliphatic rings. The first-order valence-electron chi connectivity index (χ1n) is 5.09. The lowest BCUT2D eigenvalue weighted by atomic mass is 10.2. The van der Waals surface area contributed by atoms with Gasteiger partial charge in [-0.2, -0.15) is 0 Å². The zero-order valence-corrected chi connectivity index (χ0v) is 12.3. The molecule has 5 heteroatoms. The van der Waals surface area contributed by atoms with Crippen molar-refractivity contribution in [1.82, 2.24) is 0 Å². The Morgan fingerprint density at radius 2 is 1.83 bits per heavy atom. The van der Waals surface area contributed by atoms with Crippen molar-refractivity contribution in [2.24, 2.45) is 0 Å². The molecule has 0 heterocycles. The van der Waals surface area contributed by atoms with Gasteiger partial charge in [0.25, 0.3) is 5.91 Å². The van der Waals surface area contributed by atoms with Gasteiger partial charge in [-0.05, 0) is 46.3 Å². The second-order valence-corrected chi connectivity index (χ2v) is 5.33. The molecule has 1 N–H and O–H groups in total. The Morgan fingerprint density at radius 3 is 2.56 bits per heavy atom. The SMILES string of the molecule is O=C(Nc1cc(Br)ccc1Br)c1ccccc1F. The average Bonchev–Trinajstić information content (AvgIpc) is 2.34. The average molecular weight is 373 g/mol. The van der Waals surface area contributed by atoms with Gasteiger partial charge in [0.15, 0.2) is 0 Å². The Balaban J connectivity index is 2.27. The minimum absolute atomic E-state index is 0.0179. The van der Waals surface area contributed by atoms with E-state index < -0.39 is 11.7 Å². The Kier molecular flexibility index (Phi) is 4.14. The molecule has 0 unspecified atom stereocenters. The van der Waals surface area contributed by atoms with Crippen LogP contribution in [0.25, 0.3) is 0 Å². The van der Waals surface area contributed by atoms with E-state index in [1.165, 1.54) is 12.1 Å². The quantitative estimate of drug-likeness (QED) is 0.819. The van der Waals surface area contributed by atoms with Gasteiger partial charge < -0.3 is 5.32 Å². The van der Waals surface area contributed by atoms with Gasteiger partial charge in [0.1, 0.15) is 5.82 Å². The smallest absolute Gasteiger partial charge is 0.258 e. The summed E-state index contributed by atoms with van der Waals surface area (Å²) in [4.78, 5) is 11.9. The second-order valence-electron chi connectivity index (χ2n) is 3.56. The number of nitrogens with one attached hydrogen (secondary N) is 1. The molecule has 0 fully saturated rings. The number of benzene rings is 2. The maximum atomic E-state index is 13.4. The highest BCUT2D eigenvalue weighted by Crippen LogP contribution is 2.26. The van der Waals surface area contributed by atoms with Crippen molar-refractivity contribution >= 4 is 43.5 Å². The summed E-state index contributed by atoms with van der Waals surface area (Å²) in [5.74, 6) is -1.02. The molecular formula is C13H8Br2FNO. The molecule has 2 aromatic rings. The number of hydrogen-bond acceptors (Lipinski definition) is 1. The minimum atomic E-state index is -0.541. The van der Waals surface area contributed by atoms with Gasteiger partial charge in [-0.25, -0.2) is 4.39 Å². The van der Waals surface area contributed by atoms with E-state index in [1.54, 1.807) is 24.3 Å². The van der Waals surface area contributed by atoms with E-state index >= 15 is 0 Å². The lowest BCUT2D eigenvalue weighted by molar-refractivity contribution is 0.102. The summed E-state index contributed by atoms with van der Waals surface area (Å²) in [7, 11) is 0. The van der Waals surface area contributed by atoms with Gasteiger partial charge in [-0.3, -0.25) is 4.79 Å². The van der Waals surface area contributed by atoms with Crippen molar-refractivity contribution in [3.05, 3.63) is 62.8 Å². The Bertz CT molecular complexity index is 601. The molecule has 2 nitrogen and oxygen atoms in total. The second kappa shape index (κ2) is 5.63. The summed E-state index contributed by atoms with van der Waals surface area (Å²) in [6.45, 7) is 0. The molecule has 0 saturated carbocycles. The maximum absolute atomic E-state index is 13.4. The molecule has 0 aliphatic heterocycles. The Hall–Kier alpha value is -1.20. The molecular weight excluding hydrogens is 365 g/mol. The van der Waals surface area contributed by atoms with Crippen LogP contribution in [0.15, 0.2) is 51.4 Å². The molecule has 0 bridgehead atoms. The van der Waals surface area contributed by atoms with Crippen molar-refractivity contribution < 1.29 is 9.18 Å². The molecule has 0 atom stereocenters. The Labute approximate surface area is 120 Å². The molecule has 0 radical (unpaired) electrons. The number of amides is 1. The van der Waals surface area contributed by atoms with Crippen molar-refractivity contribution in [2.45, 2.75) is 0 Å². The fraction of sp³-hybridized carbons (Fsp3) is 0. The summed E-state index contributed by atoms with van der Waals surface area (Å²) >= 11 is 6.63. The molecule has 18 heavy (non-hydrogen) atoms. The highest BCUT2D eigenvalue weighted by molar-refractivity contribution is 9.11. The first kappa shape index (κ1) is 13.2. The number of rotatable bonds is 2. The van der Waals surface area contributed by atoms with Crippen LogP contribution in [0.4, 0.5) is 10.1 Å². The lowest BCUT2D eigenvalue weighted by Crippen LogP contribution is -2.13. The van der Waals surface area contributed by atoms with Crippen molar-refractivity contribution in [3.8, 4) is 0 Å². The Morgan fingerprint density at radius 1 is 1.11 bits per heavy atom. The number of carbonyl (C=O) groups excluding carboxylic acids is 1. The summed E-state index contributed by atoms with van der Waals surface area (Å²) < 4.78 is 15.0. The highest BCUT2D eigenvalue weighted by atomic mass is 79.9. The van der Waals surface area contributed by atoms with E-state index in [2.05, 4.69) is 37.2 Å². The third kappa shape index (κ3) is 2.97. The number of anilines is 1.